The van der Waals surface area contributed by atoms with Gasteiger partial charge in [0.05, 0.1) is 19.3 Å². The average molecular weight is 271 g/mol. The van der Waals surface area contributed by atoms with Crippen molar-refractivity contribution in [1.29, 1.82) is 0 Å². The molecule has 1 heterocycles. The highest BCUT2D eigenvalue weighted by atomic mass is 16.5. The van der Waals surface area contributed by atoms with E-state index in [1.165, 1.54) is 0 Å². The van der Waals surface area contributed by atoms with Gasteiger partial charge in [0, 0.05) is 26.2 Å². The first-order valence-corrected chi connectivity index (χ1v) is 7.42. The number of aliphatic hydroxyl groups excluding tert-OH is 1. The number of aliphatic hydroxyl groups is 1. The van der Waals surface area contributed by atoms with Crippen LogP contribution in [0, 0.1) is 5.92 Å². The maximum absolute atomic E-state index is 9.56. The second-order valence-corrected chi connectivity index (χ2v) is 5.42. The van der Waals surface area contributed by atoms with E-state index in [0.717, 1.165) is 38.5 Å². The van der Waals surface area contributed by atoms with Crippen LogP contribution in [0.3, 0.4) is 0 Å². The molecule has 1 aliphatic rings. The molecule has 0 radical (unpaired) electrons. The van der Waals surface area contributed by atoms with Gasteiger partial charge in [0.1, 0.15) is 0 Å². The highest BCUT2D eigenvalue weighted by molar-refractivity contribution is 5.80. The van der Waals surface area contributed by atoms with E-state index in [0.29, 0.717) is 25.6 Å². The lowest BCUT2D eigenvalue weighted by atomic mass is 10.1. The van der Waals surface area contributed by atoms with E-state index in [-0.39, 0.29) is 6.10 Å². The van der Waals surface area contributed by atoms with Gasteiger partial charge in [-0.1, -0.05) is 13.8 Å². The Morgan fingerprint density at radius 3 is 2.84 bits per heavy atom. The zero-order valence-corrected chi connectivity index (χ0v) is 12.6. The number of hydrogen-bond donors (Lipinski definition) is 2. The van der Waals surface area contributed by atoms with E-state index >= 15 is 0 Å². The molecule has 2 N–H and O–H groups in total. The molecule has 5 nitrogen and oxygen atoms in total. The maximum Gasteiger partial charge on any atom is 0.194 e. The number of rotatable bonds is 7. The summed E-state index contributed by atoms with van der Waals surface area (Å²) < 4.78 is 5.55. The maximum atomic E-state index is 9.56. The van der Waals surface area contributed by atoms with Gasteiger partial charge in [0.15, 0.2) is 5.96 Å². The summed E-state index contributed by atoms with van der Waals surface area (Å²) in [5.74, 6) is 1.58. The van der Waals surface area contributed by atoms with Crippen molar-refractivity contribution in [2.45, 2.75) is 39.7 Å². The SMILES string of the molecule is CCNC(=NCCOCCC(C)C)N1CC[C@@H](O)C1. The minimum atomic E-state index is -0.217. The van der Waals surface area contributed by atoms with Crippen molar-refractivity contribution in [1.82, 2.24) is 10.2 Å². The Bertz CT molecular complexity index is 269. The number of nitrogens with zero attached hydrogens (tertiary/aromatic N) is 2. The quantitative estimate of drug-likeness (QED) is 0.413. The van der Waals surface area contributed by atoms with E-state index in [1.807, 2.05) is 0 Å². The lowest BCUT2D eigenvalue weighted by Crippen LogP contribution is -2.40. The van der Waals surface area contributed by atoms with E-state index < -0.39 is 0 Å². The third kappa shape index (κ3) is 6.78. The third-order valence-electron chi connectivity index (χ3n) is 3.13. The van der Waals surface area contributed by atoms with Gasteiger partial charge in [-0.3, -0.25) is 4.99 Å². The standard InChI is InChI=1S/C14H29N3O2/c1-4-15-14(17-8-5-13(18)11-17)16-7-10-19-9-6-12(2)3/h12-13,18H,4-11H2,1-3H3,(H,15,16)/t13-/m1/s1. The Kier molecular flexibility index (Phi) is 7.82. The summed E-state index contributed by atoms with van der Waals surface area (Å²) in [5.41, 5.74) is 0. The van der Waals surface area contributed by atoms with E-state index in [1.54, 1.807) is 0 Å². The number of ether oxygens (including phenoxy) is 1. The minimum absolute atomic E-state index is 0.217. The predicted molar refractivity (Wildman–Crippen MR) is 78.4 cm³/mol. The Labute approximate surface area is 117 Å². The number of β-amino-alcohol motifs (C(OH)–C–C–N with tert-alkyl or cyclic N) is 1. The molecule has 0 spiro atoms. The summed E-state index contributed by atoms with van der Waals surface area (Å²) in [6, 6.07) is 0. The molecule has 0 unspecified atom stereocenters. The normalized spacial score (nSPS) is 20.4. The molecule has 5 heteroatoms. The molecular weight excluding hydrogens is 242 g/mol. The molecular formula is C14H29N3O2. The van der Waals surface area contributed by atoms with Crippen LogP contribution in [0.1, 0.15) is 33.6 Å². The van der Waals surface area contributed by atoms with Gasteiger partial charge in [-0.05, 0) is 25.7 Å². The van der Waals surface area contributed by atoms with Crippen molar-refractivity contribution in [3.05, 3.63) is 0 Å². The fraction of sp³-hybridized carbons (Fsp3) is 0.929. The summed E-state index contributed by atoms with van der Waals surface area (Å²) in [5, 5.41) is 12.8. The van der Waals surface area contributed by atoms with Crippen molar-refractivity contribution >= 4 is 5.96 Å². The second-order valence-electron chi connectivity index (χ2n) is 5.42. The molecule has 0 bridgehead atoms. The lowest BCUT2D eigenvalue weighted by Gasteiger charge is -2.20. The van der Waals surface area contributed by atoms with Crippen LogP contribution in [-0.2, 0) is 4.74 Å². The van der Waals surface area contributed by atoms with Crippen molar-refractivity contribution in [2.24, 2.45) is 10.9 Å². The molecule has 1 saturated heterocycles. The molecule has 0 aromatic carbocycles. The molecule has 0 aromatic rings. The number of aliphatic imine (C=N–C) groups is 1. The van der Waals surface area contributed by atoms with Crippen LogP contribution < -0.4 is 5.32 Å². The third-order valence-corrected chi connectivity index (χ3v) is 3.13. The number of likely N-dealkylation sites (tertiary alicyclic amines) is 1. The van der Waals surface area contributed by atoms with Crippen molar-refractivity contribution in [3.63, 3.8) is 0 Å². The molecule has 1 fully saturated rings. The first-order valence-electron chi connectivity index (χ1n) is 7.42. The summed E-state index contributed by atoms with van der Waals surface area (Å²) in [4.78, 5) is 6.66. The Morgan fingerprint density at radius 1 is 1.47 bits per heavy atom. The summed E-state index contributed by atoms with van der Waals surface area (Å²) in [6.07, 6.45) is 1.71. The van der Waals surface area contributed by atoms with Gasteiger partial charge in [-0.2, -0.15) is 0 Å². The molecule has 1 rings (SSSR count). The van der Waals surface area contributed by atoms with Crippen LogP contribution >= 0.6 is 0 Å². The fourth-order valence-corrected chi connectivity index (χ4v) is 2.00. The van der Waals surface area contributed by atoms with Crippen LogP contribution in [-0.4, -0.2) is 61.5 Å². The molecule has 0 saturated carbocycles. The molecule has 112 valence electrons. The average Bonchev–Trinajstić information content (AvgIpc) is 2.78. The molecule has 0 aromatic heterocycles. The zero-order valence-electron chi connectivity index (χ0n) is 12.6. The van der Waals surface area contributed by atoms with Crippen LogP contribution in [0.5, 0.6) is 0 Å². The Morgan fingerprint density at radius 2 is 2.26 bits per heavy atom. The monoisotopic (exact) mass is 271 g/mol. The number of nitrogens with one attached hydrogen (secondary N) is 1. The van der Waals surface area contributed by atoms with Gasteiger partial charge >= 0.3 is 0 Å². The smallest absolute Gasteiger partial charge is 0.194 e. The topological polar surface area (TPSA) is 57.1 Å². The van der Waals surface area contributed by atoms with Crippen LogP contribution in [0.25, 0.3) is 0 Å². The van der Waals surface area contributed by atoms with E-state index in [9.17, 15) is 5.11 Å². The van der Waals surface area contributed by atoms with E-state index in [2.05, 4.69) is 36.0 Å². The summed E-state index contributed by atoms with van der Waals surface area (Å²) >= 11 is 0. The first-order chi connectivity index (χ1) is 9.13. The summed E-state index contributed by atoms with van der Waals surface area (Å²) in [6.45, 7) is 11.0. The van der Waals surface area contributed by atoms with Gasteiger partial charge in [0.2, 0.25) is 0 Å². The molecule has 19 heavy (non-hydrogen) atoms. The lowest BCUT2D eigenvalue weighted by molar-refractivity contribution is 0.130. The van der Waals surface area contributed by atoms with Crippen LogP contribution in [0.2, 0.25) is 0 Å². The summed E-state index contributed by atoms with van der Waals surface area (Å²) in [7, 11) is 0. The highest BCUT2D eigenvalue weighted by Gasteiger charge is 2.22. The van der Waals surface area contributed by atoms with Crippen LogP contribution in [0.15, 0.2) is 4.99 Å². The molecule has 1 atom stereocenters. The predicted octanol–water partition coefficient (Wildman–Crippen LogP) is 1.08. The van der Waals surface area contributed by atoms with Gasteiger partial charge in [-0.25, -0.2) is 0 Å². The van der Waals surface area contributed by atoms with Crippen molar-refractivity contribution < 1.29 is 9.84 Å². The fourth-order valence-electron chi connectivity index (χ4n) is 2.00. The second kappa shape index (κ2) is 9.15. The van der Waals surface area contributed by atoms with E-state index in [4.69, 9.17) is 4.74 Å². The van der Waals surface area contributed by atoms with Gasteiger partial charge < -0.3 is 20.1 Å². The Balaban J connectivity index is 2.25. The van der Waals surface area contributed by atoms with Crippen molar-refractivity contribution in [2.75, 3.05) is 39.4 Å². The number of guanidine groups is 1. The molecule has 1 aliphatic heterocycles. The highest BCUT2D eigenvalue weighted by Crippen LogP contribution is 2.08. The largest absolute Gasteiger partial charge is 0.391 e. The Hall–Kier alpha value is -0.810. The van der Waals surface area contributed by atoms with Crippen LogP contribution in [0.4, 0.5) is 0 Å². The van der Waals surface area contributed by atoms with Gasteiger partial charge in [-0.15, -0.1) is 0 Å². The zero-order chi connectivity index (χ0) is 14.1. The van der Waals surface area contributed by atoms with Crippen molar-refractivity contribution in [3.8, 4) is 0 Å². The van der Waals surface area contributed by atoms with Gasteiger partial charge in [0.25, 0.3) is 0 Å². The minimum Gasteiger partial charge on any atom is -0.391 e. The molecule has 0 aliphatic carbocycles. The first kappa shape index (κ1) is 16.2. The molecule has 0 amide bonds. The number of hydrogen-bond acceptors (Lipinski definition) is 3.